The molecule has 3 aromatic rings. The Balaban J connectivity index is 2.03. The van der Waals surface area contributed by atoms with Crippen LogP contribution < -0.4 is 4.90 Å². The Morgan fingerprint density at radius 3 is 2.91 bits per heavy atom. The van der Waals surface area contributed by atoms with E-state index in [1.165, 1.54) is 17.2 Å². The van der Waals surface area contributed by atoms with E-state index in [0.29, 0.717) is 15.6 Å². The lowest BCUT2D eigenvalue weighted by atomic mass is 10.3. The molecule has 0 aliphatic heterocycles. The third-order valence-electron chi connectivity index (χ3n) is 3.13. The van der Waals surface area contributed by atoms with Crippen molar-refractivity contribution >= 4 is 32.6 Å². The first-order chi connectivity index (χ1) is 10.6. The molecule has 2 aromatic heterocycles. The van der Waals surface area contributed by atoms with Crippen molar-refractivity contribution in [3.05, 3.63) is 47.9 Å². The number of fused-ring (bicyclic) bond motifs is 1. The van der Waals surface area contributed by atoms with Gasteiger partial charge in [-0.3, -0.25) is 9.69 Å². The Kier molecular flexibility index (Phi) is 3.89. The zero-order chi connectivity index (χ0) is 15.7. The summed E-state index contributed by atoms with van der Waals surface area (Å²) >= 11 is 1.07. The monoisotopic (exact) mass is 322 g/mol. The first-order valence-corrected chi connectivity index (χ1v) is 7.48. The lowest BCUT2D eigenvalue weighted by Crippen LogP contribution is -2.29. The van der Waals surface area contributed by atoms with Crippen LogP contribution >= 0.6 is 11.3 Å². The fourth-order valence-electron chi connectivity index (χ4n) is 2.07. The molecule has 0 aliphatic rings. The van der Waals surface area contributed by atoms with Crippen LogP contribution in [0.4, 0.5) is 13.9 Å². The number of amides is 1. The van der Waals surface area contributed by atoms with Crippen LogP contribution in [-0.2, 0) is 11.3 Å². The molecule has 0 atom stereocenters. The van der Waals surface area contributed by atoms with Crippen LogP contribution in [0.3, 0.4) is 0 Å². The molecule has 0 spiro atoms. The van der Waals surface area contributed by atoms with Crippen LogP contribution in [0.1, 0.15) is 19.1 Å². The number of rotatable bonds is 4. The van der Waals surface area contributed by atoms with Gasteiger partial charge in [-0.2, -0.15) is 0 Å². The molecule has 0 N–H and O–H groups in total. The first-order valence-electron chi connectivity index (χ1n) is 6.67. The van der Waals surface area contributed by atoms with Crippen molar-refractivity contribution in [3.8, 4) is 0 Å². The number of carbonyl (C=O) groups is 1. The molecule has 0 saturated heterocycles. The molecule has 22 heavy (non-hydrogen) atoms. The number of carbonyl (C=O) groups excluding carboxylic acids is 1. The smallest absolute Gasteiger partial charge is 0.228 e. The highest BCUT2D eigenvalue weighted by Crippen LogP contribution is 2.32. The molecule has 0 radical (unpaired) electrons. The summed E-state index contributed by atoms with van der Waals surface area (Å²) in [5, 5.41) is 0.322. The van der Waals surface area contributed by atoms with Gasteiger partial charge >= 0.3 is 0 Å². The molecule has 114 valence electrons. The van der Waals surface area contributed by atoms with Crippen LogP contribution in [0, 0.1) is 11.6 Å². The number of furan rings is 1. The Labute approximate surface area is 129 Å². The number of benzene rings is 1. The number of aromatic nitrogens is 1. The summed E-state index contributed by atoms with van der Waals surface area (Å²) in [5.74, 6) is -0.983. The van der Waals surface area contributed by atoms with Gasteiger partial charge in [0.1, 0.15) is 17.1 Å². The van der Waals surface area contributed by atoms with Crippen molar-refractivity contribution in [1.82, 2.24) is 4.98 Å². The molecule has 2 heterocycles. The molecule has 0 saturated carbocycles. The van der Waals surface area contributed by atoms with Gasteiger partial charge in [-0.25, -0.2) is 13.8 Å². The van der Waals surface area contributed by atoms with E-state index in [1.807, 2.05) is 0 Å². The van der Waals surface area contributed by atoms with Crippen LogP contribution in [0.15, 0.2) is 34.9 Å². The zero-order valence-electron chi connectivity index (χ0n) is 11.7. The van der Waals surface area contributed by atoms with Crippen molar-refractivity contribution in [1.29, 1.82) is 0 Å². The number of hydrogen-bond donors (Lipinski definition) is 0. The maximum atomic E-state index is 13.8. The summed E-state index contributed by atoms with van der Waals surface area (Å²) in [6.07, 6.45) is 1.78. The second kappa shape index (κ2) is 5.84. The van der Waals surface area contributed by atoms with Crippen LogP contribution in [0.25, 0.3) is 10.2 Å². The standard InChI is InChI=1S/C15H12F2N2O2S/c1-2-13(20)19(8-10-4-3-5-21-10)15-18-14-11(17)6-9(16)7-12(14)22-15/h3-7H,2,8H2,1H3. The fourth-order valence-corrected chi connectivity index (χ4v) is 3.09. The molecule has 0 aliphatic carbocycles. The minimum atomic E-state index is -0.737. The third kappa shape index (κ3) is 2.71. The average Bonchev–Trinajstić information content (AvgIpc) is 3.12. The third-order valence-corrected chi connectivity index (χ3v) is 4.16. The van der Waals surface area contributed by atoms with Crippen LogP contribution in [0.5, 0.6) is 0 Å². The highest BCUT2D eigenvalue weighted by atomic mass is 32.1. The van der Waals surface area contributed by atoms with E-state index >= 15 is 0 Å². The van der Waals surface area contributed by atoms with Gasteiger partial charge < -0.3 is 4.42 Å². The van der Waals surface area contributed by atoms with Crippen molar-refractivity contribution in [3.63, 3.8) is 0 Å². The van der Waals surface area contributed by atoms with E-state index in [-0.39, 0.29) is 24.4 Å². The molecular formula is C15H12F2N2O2S. The van der Waals surface area contributed by atoms with E-state index in [9.17, 15) is 13.6 Å². The van der Waals surface area contributed by atoms with Gasteiger partial charge in [-0.15, -0.1) is 0 Å². The maximum Gasteiger partial charge on any atom is 0.228 e. The molecule has 0 fully saturated rings. The molecule has 3 rings (SSSR count). The Morgan fingerprint density at radius 1 is 1.41 bits per heavy atom. The minimum absolute atomic E-state index is 0.0646. The molecular weight excluding hydrogens is 310 g/mol. The molecule has 1 aromatic carbocycles. The summed E-state index contributed by atoms with van der Waals surface area (Å²) in [6.45, 7) is 1.93. The molecule has 0 unspecified atom stereocenters. The van der Waals surface area contributed by atoms with Crippen LogP contribution in [0.2, 0.25) is 0 Å². The highest BCUT2D eigenvalue weighted by molar-refractivity contribution is 7.22. The van der Waals surface area contributed by atoms with Gasteiger partial charge in [0.25, 0.3) is 0 Å². The van der Waals surface area contributed by atoms with Gasteiger partial charge in [0.15, 0.2) is 10.9 Å². The second-order valence-corrected chi connectivity index (χ2v) is 5.65. The minimum Gasteiger partial charge on any atom is -0.467 e. The van der Waals surface area contributed by atoms with E-state index in [0.717, 1.165) is 17.4 Å². The number of halogens is 2. The predicted octanol–water partition coefficient (Wildman–Crippen LogP) is 4.11. The normalized spacial score (nSPS) is 11.0. The van der Waals surface area contributed by atoms with Gasteiger partial charge in [0.2, 0.25) is 5.91 Å². The lowest BCUT2D eigenvalue weighted by molar-refractivity contribution is -0.118. The van der Waals surface area contributed by atoms with Gasteiger partial charge in [0.05, 0.1) is 17.5 Å². The van der Waals surface area contributed by atoms with Crippen molar-refractivity contribution in [2.75, 3.05) is 4.90 Å². The molecule has 0 bridgehead atoms. The SMILES string of the molecule is CCC(=O)N(Cc1ccco1)c1nc2c(F)cc(F)cc2s1. The molecule has 1 amide bonds. The topological polar surface area (TPSA) is 46.3 Å². The molecule has 4 nitrogen and oxygen atoms in total. The number of nitrogens with zero attached hydrogens (tertiary/aromatic N) is 2. The first kappa shape index (κ1) is 14.6. The fraction of sp³-hybridized carbons (Fsp3) is 0.200. The predicted molar refractivity (Wildman–Crippen MR) is 79.7 cm³/mol. The van der Waals surface area contributed by atoms with Crippen molar-refractivity contribution < 1.29 is 18.0 Å². The van der Waals surface area contributed by atoms with E-state index in [4.69, 9.17) is 4.42 Å². The summed E-state index contributed by atoms with van der Waals surface area (Å²) < 4.78 is 32.7. The van der Waals surface area contributed by atoms with E-state index in [1.54, 1.807) is 19.1 Å². The van der Waals surface area contributed by atoms with Gasteiger partial charge in [-0.05, 0) is 18.2 Å². The van der Waals surface area contributed by atoms with Gasteiger partial charge in [0, 0.05) is 12.5 Å². The Bertz CT molecular complexity index is 814. The number of hydrogen-bond acceptors (Lipinski definition) is 4. The van der Waals surface area contributed by atoms with Crippen molar-refractivity contribution in [2.45, 2.75) is 19.9 Å². The van der Waals surface area contributed by atoms with E-state index < -0.39 is 11.6 Å². The lowest BCUT2D eigenvalue weighted by Gasteiger charge is -2.17. The summed E-state index contributed by atoms with van der Waals surface area (Å²) in [4.78, 5) is 17.7. The summed E-state index contributed by atoms with van der Waals surface area (Å²) in [7, 11) is 0. The Morgan fingerprint density at radius 2 is 2.23 bits per heavy atom. The van der Waals surface area contributed by atoms with Gasteiger partial charge in [-0.1, -0.05) is 18.3 Å². The number of thiazole rings is 1. The zero-order valence-corrected chi connectivity index (χ0v) is 12.5. The average molecular weight is 322 g/mol. The highest BCUT2D eigenvalue weighted by Gasteiger charge is 2.21. The van der Waals surface area contributed by atoms with Crippen LogP contribution in [-0.4, -0.2) is 10.9 Å². The summed E-state index contributed by atoms with van der Waals surface area (Å²) in [5.41, 5.74) is 0.0646. The molecule has 7 heteroatoms. The Hall–Kier alpha value is -2.28. The quantitative estimate of drug-likeness (QED) is 0.726. The second-order valence-electron chi connectivity index (χ2n) is 4.64. The summed E-state index contributed by atoms with van der Waals surface area (Å²) in [6, 6.07) is 5.45. The number of anilines is 1. The van der Waals surface area contributed by atoms with E-state index in [2.05, 4.69) is 4.98 Å². The van der Waals surface area contributed by atoms with Crippen molar-refractivity contribution in [2.24, 2.45) is 0 Å². The maximum absolute atomic E-state index is 13.8. The largest absolute Gasteiger partial charge is 0.467 e.